The lowest BCUT2D eigenvalue weighted by Crippen LogP contribution is -2.58. The van der Waals surface area contributed by atoms with E-state index in [9.17, 15) is 14.4 Å². The number of carboxylic acid groups (broad SMARTS) is 1. The van der Waals surface area contributed by atoms with E-state index in [1.54, 1.807) is 0 Å². The van der Waals surface area contributed by atoms with Gasteiger partial charge in [-0.3, -0.25) is 9.59 Å². The summed E-state index contributed by atoms with van der Waals surface area (Å²) in [6, 6.07) is 0. The Morgan fingerprint density at radius 2 is 1.89 bits per heavy atom. The summed E-state index contributed by atoms with van der Waals surface area (Å²) in [6.07, 6.45) is 9.18. The Morgan fingerprint density at radius 1 is 1.14 bits per heavy atom. The number of hydrogen-bond donors (Lipinski definition) is 1. The fraction of sp³-hybridized carbons (Fsp3) is 0.786. The van der Waals surface area contributed by atoms with Crippen LogP contribution < -0.4 is 0 Å². The first-order valence-electron chi connectivity index (χ1n) is 13.5. The molecule has 1 N–H and O–H groups in total. The van der Waals surface area contributed by atoms with E-state index in [0.29, 0.717) is 31.1 Å². The van der Waals surface area contributed by atoms with Crippen LogP contribution in [0.2, 0.25) is 0 Å². The van der Waals surface area contributed by atoms with Crippen LogP contribution in [0.25, 0.3) is 0 Å². The Morgan fingerprint density at radius 3 is 2.56 bits per heavy atom. The third kappa shape index (κ3) is 3.86. The summed E-state index contributed by atoms with van der Waals surface area (Å²) in [5.74, 6) is -0.724. The van der Waals surface area contributed by atoms with Gasteiger partial charge in [0.2, 0.25) is 6.61 Å². The van der Waals surface area contributed by atoms with Crippen molar-refractivity contribution >= 4 is 23.6 Å². The number of fused-ring (bicyclic) bond motifs is 6. The molecule has 4 aliphatic carbocycles. The number of ether oxygens (including phenoxy) is 2. The van der Waals surface area contributed by atoms with Crippen LogP contribution in [0.5, 0.6) is 0 Å². The molecule has 0 amide bonds. The van der Waals surface area contributed by atoms with Crippen LogP contribution >= 0.6 is 0 Å². The molecule has 1 saturated heterocycles. The third-order valence-corrected chi connectivity index (χ3v) is 10.4. The standard InChI is InChI=1S/C28H39NO7/c1-16(2)35-25(33)19-14-17-13-18(29-34-15-22(30)31)5-9-26(17,3)20-6-10-27(4)21(24(19)20)7-11-28(27)12-8-23(32)36-28/h13,16,19-21,24H,5-12,14-15H2,1-4H3,(H,30,31)/b29-18+/t19?,20?,21?,24?,26?,27?,28-/m1/s1. The predicted octanol–water partition coefficient (Wildman–Crippen LogP) is 4.66. The highest BCUT2D eigenvalue weighted by Crippen LogP contribution is 2.70. The molecule has 8 nitrogen and oxygen atoms in total. The van der Waals surface area contributed by atoms with Crippen LogP contribution in [0.3, 0.4) is 0 Å². The van der Waals surface area contributed by atoms with E-state index >= 15 is 0 Å². The van der Waals surface area contributed by atoms with Crippen molar-refractivity contribution in [2.45, 2.75) is 97.2 Å². The van der Waals surface area contributed by atoms with Gasteiger partial charge in [0.05, 0.1) is 17.7 Å². The molecule has 0 aromatic carbocycles. The summed E-state index contributed by atoms with van der Waals surface area (Å²) in [5, 5.41) is 12.9. The van der Waals surface area contributed by atoms with Crippen molar-refractivity contribution in [1.82, 2.24) is 0 Å². The van der Waals surface area contributed by atoms with E-state index in [-0.39, 0.29) is 40.7 Å². The molecule has 0 aromatic heterocycles. The van der Waals surface area contributed by atoms with Gasteiger partial charge in [0.1, 0.15) is 5.60 Å². The quantitative estimate of drug-likeness (QED) is 0.431. The number of nitrogens with zero attached hydrogens (tertiary/aromatic N) is 1. The van der Waals surface area contributed by atoms with Gasteiger partial charge in [-0.1, -0.05) is 24.6 Å². The maximum absolute atomic E-state index is 13.6. The summed E-state index contributed by atoms with van der Waals surface area (Å²) >= 11 is 0. The van der Waals surface area contributed by atoms with Crippen molar-refractivity contribution in [2.75, 3.05) is 6.61 Å². The Bertz CT molecular complexity index is 1020. The number of carbonyl (C=O) groups excluding carboxylic acids is 2. The molecule has 0 radical (unpaired) electrons. The van der Waals surface area contributed by atoms with Crippen molar-refractivity contribution in [3.63, 3.8) is 0 Å². The molecule has 8 heteroatoms. The summed E-state index contributed by atoms with van der Waals surface area (Å²) in [5.41, 5.74) is 1.35. The number of hydrogen-bond acceptors (Lipinski definition) is 7. The van der Waals surface area contributed by atoms with Gasteiger partial charge in [-0.15, -0.1) is 0 Å². The number of carboxylic acids is 1. The second-order valence-corrected chi connectivity index (χ2v) is 12.4. The zero-order valence-corrected chi connectivity index (χ0v) is 21.9. The van der Waals surface area contributed by atoms with Crippen LogP contribution in [-0.2, 0) is 28.7 Å². The fourth-order valence-electron chi connectivity index (χ4n) is 8.67. The molecule has 0 aromatic rings. The molecule has 3 saturated carbocycles. The zero-order valence-electron chi connectivity index (χ0n) is 21.9. The van der Waals surface area contributed by atoms with Gasteiger partial charge in [0.15, 0.2) is 0 Å². The van der Waals surface area contributed by atoms with Crippen LogP contribution in [0.1, 0.15) is 85.5 Å². The van der Waals surface area contributed by atoms with Crippen molar-refractivity contribution < 1.29 is 33.8 Å². The van der Waals surface area contributed by atoms with E-state index in [1.165, 1.54) is 5.57 Å². The molecular formula is C28H39NO7. The normalized spacial score (nSPS) is 42.4. The van der Waals surface area contributed by atoms with E-state index in [2.05, 4.69) is 19.0 Å². The molecule has 7 atom stereocenters. The van der Waals surface area contributed by atoms with Crippen LogP contribution in [0.4, 0.5) is 0 Å². The van der Waals surface area contributed by atoms with Crippen molar-refractivity contribution in [3.05, 3.63) is 11.6 Å². The molecule has 5 rings (SSSR count). The summed E-state index contributed by atoms with van der Waals surface area (Å²) in [4.78, 5) is 41.6. The Kier molecular flexibility index (Phi) is 6.23. The molecule has 6 unspecified atom stereocenters. The highest BCUT2D eigenvalue weighted by atomic mass is 16.6. The lowest BCUT2D eigenvalue weighted by molar-refractivity contribution is -0.179. The van der Waals surface area contributed by atoms with Crippen molar-refractivity contribution in [2.24, 2.45) is 39.7 Å². The summed E-state index contributed by atoms with van der Waals surface area (Å²) < 4.78 is 11.9. The summed E-state index contributed by atoms with van der Waals surface area (Å²) in [6.45, 7) is 7.95. The maximum Gasteiger partial charge on any atom is 0.344 e. The van der Waals surface area contributed by atoms with E-state index in [0.717, 1.165) is 44.2 Å². The number of esters is 2. The van der Waals surface area contributed by atoms with Gasteiger partial charge in [-0.2, -0.15) is 0 Å². The average Bonchev–Trinajstić information content (AvgIpc) is 3.32. The monoisotopic (exact) mass is 501 g/mol. The zero-order chi connectivity index (χ0) is 25.9. The van der Waals surface area contributed by atoms with Gasteiger partial charge in [-0.25, -0.2) is 4.79 Å². The molecule has 198 valence electrons. The number of allylic oxidation sites excluding steroid dienone is 2. The van der Waals surface area contributed by atoms with E-state index in [1.807, 2.05) is 19.9 Å². The van der Waals surface area contributed by atoms with Gasteiger partial charge >= 0.3 is 17.9 Å². The smallest absolute Gasteiger partial charge is 0.344 e. The molecular weight excluding hydrogens is 462 g/mol. The second kappa shape index (κ2) is 8.88. The number of carbonyl (C=O) groups is 3. The summed E-state index contributed by atoms with van der Waals surface area (Å²) in [7, 11) is 0. The molecule has 36 heavy (non-hydrogen) atoms. The van der Waals surface area contributed by atoms with Gasteiger partial charge in [0.25, 0.3) is 0 Å². The third-order valence-electron chi connectivity index (χ3n) is 10.4. The molecule has 5 aliphatic rings. The predicted molar refractivity (Wildman–Crippen MR) is 131 cm³/mol. The molecule has 4 fully saturated rings. The highest BCUT2D eigenvalue weighted by molar-refractivity contribution is 5.96. The molecule has 1 aliphatic heterocycles. The van der Waals surface area contributed by atoms with Gasteiger partial charge < -0.3 is 19.4 Å². The number of aliphatic carboxylic acids is 1. The number of oxime groups is 1. The van der Waals surface area contributed by atoms with Gasteiger partial charge in [0, 0.05) is 11.8 Å². The Balaban J connectivity index is 1.50. The Hall–Kier alpha value is -2.38. The first kappa shape index (κ1) is 25.3. The molecule has 0 bridgehead atoms. The van der Waals surface area contributed by atoms with E-state index in [4.69, 9.17) is 19.4 Å². The first-order valence-corrected chi connectivity index (χ1v) is 13.5. The topological polar surface area (TPSA) is 111 Å². The minimum atomic E-state index is -1.06. The molecule has 1 spiro atoms. The van der Waals surface area contributed by atoms with Crippen LogP contribution in [0, 0.1) is 34.5 Å². The van der Waals surface area contributed by atoms with Crippen LogP contribution in [0.15, 0.2) is 16.8 Å². The van der Waals surface area contributed by atoms with Crippen molar-refractivity contribution in [3.8, 4) is 0 Å². The first-order chi connectivity index (χ1) is 17.0. The average molecular weight is 502 g/mol. The Labute approximate surface area is 212 Å². The lowest BCUT2D eigenvalue weighted by atomic mass is 9.44. The fourth-order valence-corrected chi connectivity index (χ4v) is 8.67. The number of rotatable bonds is 5. The SMILES string of the molecule is CC(C)OC(=O)C1CC2=C/C(=N/OCC(=O)O)CCC2(C)C2CCC3(C)C(CC[C@@]34CCC(=O)O4)C12. The van der Waals surface area contributed by atoms with Crippen LogP contribution in [-0.4, -0.2) is 47.0 Å². The second-order valence-electron chi connectivity index (χ2n) is 12.4. The van der Waals surface area contributed by atoms with Gasteiger partial charge in [-0.05, 0) is 94.5 Å². The van der Waals surface area contributed by atoms with Crippen molar-refractivity contribution in [1.29, 1.82) is 0 Å². The largest absolute Gasteiger partial charge is 0.479 e. The molecule has 1 heterocycles. The maximum atomic E-state index is 13.6. The minimum Gasteiger partial charge on any atom is -0.479 e. The highest BCUT2D eigenvalue weighted by Gasteiger charge is 2.69. The van der Waals surface area contributed by atoms with E-state index < -0.39 is 18.2 Å². The minimum absolute atomic E-state index is 0.0610. The lowest BCUT2D eigenvalue weighted by Gasteiger charge is -2.60.